The highest BCUT2D eigenvalue weighted by Gasteiger charge is 2.27. The van der Waals surface area contributed by atoms with Crippen LogP contribution in [-0.2, 0) is 11.2 Å². The molecule has 0 saturated carbocycles. The summed E-state index contributed by atoms with van der Waals surface area (Å²) in [6.45, 7) is 3.88. The van der Waals surface area contributed by atoms with E-state index in [1.54, 1.807) is 24.3 Å². The third-order valence-electron chi connectivity index (χ3n) is 6.12. The summed E-state index contributed by atoms with van der Waals surface area (Å²) >= 11 is 0. The maximum absolute atomic E-state index is 13.6. The number of carboxylic acid groups (broad SMARTS) is 1. The van der Waals surface area contributed by atoms with Crippen molar-refractivity contribution in [3.63, 3.8) is 0 Å². The van der Waals surface area contributed by atoms with E-state index < -0.39 is 5.97 Å². The minimum Gasteiger partial charge on any atom is -0.481 e. The first-order chi connectivity index (χ1) is 16.4. The van der Waals surface area contributed by atoms with Crippen LogP contribution in [0, 0.1) is 17.6 Å². The van der Waals surface area contributed by atoms with Gasteiger partial charge < -0.3 is 10.0 Å². The molecule has 0 amide bonds. The van der Waals surface area contributed by atoms with Gasteiger partial charge in [0.2, 0.25) is 0 Å². The lowest BCUT2D eigenvalue weighted by Crippen LogP contribution is -2.36. The zero-order valence-electron chi connectivity index (χ0n) is 19.3. The van der Waals surface area contributed by atoms with E-state index in [1.807, 2.05) is 0 Å². The van der Waals surface area contributed by atoms with E-state index in [2.05, 4.69) is 11.8 Å². The molecule has 2 heterocycles. The van der Waals surface area contributed by atoms with Gasteiger partial charge in [0, 0.05) is 30.6 Å². The fourth-order valence-electron chi connectivity index (χ4n) is 4.46. The van der Waals surface area contributed by atoms with Gasteiger partial charge in [0.05, 0.1) is 17.1 Å². The second-order valence-corrected chi connectivity index (χ2v) is 9.02. The van der Waals surface area contributed by atoms with Gasteiger partial charge in [-0.3, -0.25) is 4.79 Å². The molecule has 0 aliphatic carbocycles. The fraction of sp³-hybridized carbons (Fsp3) is 0.370. The van der Waals surface area contributed by atoms with Gasteiger partial charge in [-0.1, -0.05) is 19.8 Å². The smallest absolute Gasteiger partial charge is 0.303 e. The second-order valence-electron chi connectivity index (χ2n) is 9.02. The molecule has 1 aliphatic rings. The Hall–Kier alpha value is -3.35. The van der Waals surface area contributed by atoms with E-state index in [4.69, 9.17) is 15.1 Å². The molecule has 1 aromatic heterocycles. The van der Waals surface area contributed by atoms with Gasteiger partial charge in [-0.15, -0.1) is 0 Å². The Morgan fingerprint density at radius 1 is 0.912 bits per heavy atom. The molecule has 0 radical (unpaired) electrons. The van der Waals surface area contributed by atoms with Gasteiger partial charge in [0.25, 0.3) is 0 Å². The molecule has 4 rings (SSSR count). The largest absolute Gasteiger partial charge is 0.481 e. The molecule has 0 bridgehead atoms. The average molecular weight is 466 g/mol. The third kappa shape index (κ3) is 5.76. The van der Waals surface area contributed by atoms with Crippen molar-refractivity contribution >= 4 is 11.8 Å². The van der Waals surface area contributed by atoms with E-state index >= 15 is 0 Å². The van der Waals surface area contributed by atoms with Gasteiger partial charge in [-0.25, -0.2) is 18.7 Å². The maximum atomic E-state index is 13.6. The first kappa shape index (κ1) is 23.8. The Morgan fingerprint density at radius 2 is 1.47 bits per heavy atom. The monoisotopic (exact) mass is 465 g/mol. The van der Waals surface area contributed by atoms with Gasteiger partial charge >= 0.3 is 5.97 Å². The molecule has 1 unspecified atom stereocenters. The van der Waals surface area contributed by atoms with Gasteiger partial charge in [-0.2, -0.15) is 0 Å². The number of aromatic nitrogens is 2. The molecule has 1 N–H and O–H groups in total. The normalized spacial score (nSPS) is 15.3. The second kappa shape index (κ2) is 10.7. The molecule has 3 aromatic rings. The van der Waals surface area contributed by atoms with Crippen LogP contribution < -0.4 is 4.90 Å². The summed E-state index contributed by atoms with van der Waals surface area (Å²) in [6.07, 6.45) is 4.49. The van der Waals surface area contributed by atoms with Crippen LogP contribution in [0.15, 0.2) is 48.5 Å². The minimum atomic E-state index is -0.751. The van der Waals surface area contributed by atoms with Crippen LogP contribution in [-0.4, -0.2) is 34.1 Å². The van der Waals surface area contributed by atoms with E-state index in [9.17, 15) is 13.6 Å². The van der Waals surface area contributed by atoms with Gasteiger partial charge in [0.1, 0.15) is 11.6 Å². The predicted octanol–water partition coefficient (Wildman–Crippen LogP) is 6.12. The van der Waals surface area contributed by atoms with Crippen molar-refractivity contribution in [2.45, 2.75) is 45.4 Å². The highest BCUT2D eigenvalue weighted by molar-refractivity contribution is 5.79. The number of anilines is 1. The summed E-state index contributed by atoms with van der Waals surface area (Å²) in [7, 11) is 0. The maximum Gasteiger partial charge on any atom is 0.303 e. The average Bonchev–Trinajstić information content (AvgIpc) is 2.81. The fourth-order valence-corrected chi connectivity index (χ4v) is 4.46. The van der Waals surface area contributed by atoms with Crippen molar-refractivity contribution in [1.29, 1.82) is 0 Å². The number of unbranched alkanes of at least 4 members (excludes halogenated alkanes) is 3. The van der Waals surface area contributed by atoms with Crippen molar-refractivity contribution in [2.75, 3.05) is 18.0 Å². The van der Waals surface area contributed by atoms with Crippen LogP contribution in [0.2, 0.25) is 0 Å². The molecule has 2 aromatic carbocycles. The van der Waals surface area contributed by atoms with Crippen LogP contribution in [0.3, 0.4) is 0 Å². The Balaban J connectivity index is 1.65. The molecular weight excluding hydrogens is 436 g/mol. The summed E-state index contributed by atoms with van der Waals surface area (Å²) in [6, 6.07) is 12.4. The van der Waals surface area contributed by atoms with E-state index in [0.717, 1.165) is 61.4 Å². The molecule has 1 atom stereocenters. The number of hydrogen-bond donors (Lipinski definition) is 1. The number of carboxylic acids is 1. The van der Waals surface area contributed by atoms with E-state index in [1.165, 1.54) is 24.3 Å². The van der Waals surface area contributed by atoms with Crippen molar-refractivity contribution in [3.8, 4) is 22.5 Å². The number of benzene rings is 2. The SMILES string of the molecule is CC1Cc2nc(-c3ccc(F)cc3)c(-c3ccc(F)cc3)nc2N(CCCCCCC(=O)O)C1. The van der Waals surface area contributed by atoms with Crippen LogP contribution in [0.5, 0.6) is 0 Å². The number of halogens is 2. The Morgan fingerprint density at radius 3 is 2.06 bits per heavy atom. The summed E-state index contributed by atoms with van der Waals surface area (Å²) in [5, 5.41) is 8.80. The summed E-state index contributed by atoms with van der Waals surface area (Å²) < 4.78 is 27.2. The molecule has 7 heteroatoms. The molecule has 34 heavy (non-hydrogen) atoms. The quantitative estimate of drug-likeness (QED) is 0.386. The van der Waals surface area contributed by atoms with Gasteiger partial charge in [0.15, 0.2) is 5.82 Å². The molecule has 0 spiro atoms. The van der Waals surface area contributed by atoms with Gasteiger partial charge in [-0.05, 0) is 73.7 Å². The topological polar surface area (TPSA) is 66.3 Å². The molecule has 0 fully saturated rings. The standard InChI is InChI=1S/C27H29F2N3O2/c1-18-16-23-27(32(17-18)15-5-3-2-4-6-24(33)34)31-26(20-9-13-22(29)14-10-20)25(30-23)19-7-11-21(28)12-8-19/h7-14,18H,2-6,15-17H2,1H3,(H,33,34). The number of rotatable bonds is 9. The predicted molar refractivity (Wildman–Crippen MR) is 129 cm³/mol. The molecule has 5 nitrogen and oxygen atoms in total. The van der Waals surface area contributed by atoms with Crippen molar-refractivity contribution in [1.82, 2.24) is 9.97 Å². The molecule has 0 saturated heterocycles. The zero-order chi connectivity index (χ0) is 24.1. The summed E-state index contributed by atoms with van der Waals surface area (Å²) in [5.74, 6) is -0.141. The van der Waals surface area contributed by atoms with Crippen LogP contribution in [0.1, 0.15) is 44.7 Å². The van der Waals surface area contributed by atoms with Crippen molar-refractivity contribution < 1.29 is 18.7 Å². The zero-order valence-corrected chi connectivity index (χ0v) is 19.3. The lowest BCUT2D eigenvalue weighted by atomic mass is 9.97. The number of nitrogens with zero attached hydrogens (tertiary/aromatic N) is 3. The summed E-state index contributed by atoms with van der Waals surface area (Å²) in [5.41, 5.74) is 3.73. The Bertz CT molecular complexity index is 1130. The van der Waals surface area contributed by atoms with Crippen LogP contribution in [0.4, 0.5) is 14.6 Å². The van der Waals surface area contributed by atoms with Crippen LogP contribution in [0.25, 0.3) is 22.5 Å². The number of fused-ring (bicyclic) bond motifs is 1. The highest BCUT2D eigenvalue weighted by atomic mass is 19.1. The molecule has 178 valence electrons. The van der Waals surface area contributed by atoms with E-state index in [-0.39, 0.29) is 18.1 Å². The lowest BCUT2D eigenvalue weighted by molar-refractivity contribution is -0.137. The van der Waals surface area contributed by atoms with Crippen molar-refractivity contribution in [3.05, 3.63) is 65.9 Å². The first-order valence-corrected chi connectivity index (χ1v) is 11.8. The Kier molecular flexibility index (Phi) is 7.50. The number of carbonyl (C=O) groups is 1. The number of hydrogen-bond acceptors (Lipinski definition) is 4. The molecule has 1 aliphatic heterocycles. The number of aliphatic carboxylic acids is 1. The lowest BCUT2D eigenvalue weighted by Gasteiger charge is -2.34. The highest BCUT2D eigenvalue weighted by Crippen LogP contribution is 2.36. The third-order valence-corrected chi connectivity index (χ3v) is 6.12. The van der Waals surface area contributed by atoms with Crippen molar-refractivity contribution in [2.24, 2.45) is 5.92 Å². The first-order valence-electron chi connectivity index (χ1n) is 11.8. The van der Waals surface area contributed by atoms with E-state index in [0.29, 0.717) is 23.7 Å². The minimum absolute atomic E-state index is 0.211. The molecular formula is C27H29F2N3O2. The summed E-state index contributed by atoms with van der Waals surface area (Å²) in [4.78, 5) is 23.0. The van der Waals surface area contributed by atoms with Crippen LogP contribution >= 0.6 is 0 Å². The Labute approximate surface area is 198 Å².